The van der Waals surface area contributed by atoms with Crippen molar-refractivity contribution in [2.75, 3.05) is 6.54 Å². The third-order valence-corrected chi connectivity index (χ3v) is 4.34. The van der Waals surface area contributed by atoms with Gasteiger partial charge in [0.2, 0.25) is 0 Å². The van der Waals surface area contributed by atoms with Crippen LogP contribution in [0.25, 0.3) is 10.8 Å². The molecule has 1 aromatic heterocycles. The third-order valence-electron chi connectivity index (χ3n) is 3.36. The molecule has 2 aromatic carbocycles. The van der Waals surface area contributed by atoms with Crippen LogP contribution in [0.2, 0.25) is 0 Å². The van der Waals surface area contributed by atoms with Crippen molar-refractivity contribution < 1.29 is 9.90 Å². The lowest BCUT2D eigenvalue weighted by Gasteiger charge is -2.11. The minimum absolute atomic E-state index is 0.164. The number of hydrogen-bond acceptors (Lipinski definition) is 3. The number of benzene rings is 2. The van der Waals surface area contributed by atoms with Crippen LogP contribution in [0.3, 0.4) is 0 Å². The van der Waals surface area contributed by atoms with Crippen molar-refractivity contribution in [2.24, 2.45) is 0 Å². The highest BCUT2D eigenvalue weighted by atomic mass is 32.1. The molecule has 0 aliphatic carbocycles. The van der Waals surface area contributed by atoms with Gasteiger partial charge in [0.1, 0.15) is 6.10 Å². The van der Waals surface area contributed by atoms with Crippen LogP contribution in [0.5, 0.6) is 0 Å². The Morgan fingerprint density at radius 2 is 1.90 bits per heavy atom. The van der Waals surface area contributed by atoms with Gasteiger partial charge < -0.3 is 10.4 Å². The summed E-state index contributed by atoms with van der Waals surface area (Å²) in [4.78, 5) is 13.2. The Morgan fingerprint density at radius 3 is 2.71 bits per heavy atom. The highest BCUT2D eigenvalue weighted by Crippen LogP contribution is 2.20. The molecule has 0 unspecified atom stereocenters. The second-order valence-corrected chi connectivity index (χ2v) is 5.75. The largest absolute Gasteiger partial charge is 0.386 e. The monoisotopic (exact) mass is 297 g/mol. The minimum Gasteiger partial charge on any atom is -0.386 e. The fraction of sp³-hybridized carbons (Fsp3) is 0.118. The third kappa shape index (κ3) is 2.96. The zero-order chi connectivity index (χ0) is 14.7. The molecule has 1 heterocycles. The fourth-order valence-corrected chi connectivity index (χ4v) is 3.00. The molecule has 0 radical (unpaired) electrons. The quantitative estimate of drug-likeness (QED) is 0.775. The first-order valence-corrected chi connectivity index (χ1v) is 7.61. The Balaban J connectivity index is 1.75. The summed E-state index contributed by atoms with van der Waals surface area (Å²) in [5.74, 6) is -0.164. The van der Waals surface area contributed by atoms with Crippen LogP contribution in [0.1, 0.15) is 21.3 Å². The molecule has 0 spiro atoms. The number of aliphatic hydroxyl groups is 1. The predicted molar refractivity (Wildman–Crippen MR) is 85.6 cm³/mol. The van der Waals surface area contributed by atoms with Gasteiger partial charge in [-0.2, -0.15) is 0 Å². The van der Waals surface area contributed by atoms with Crippen LogP contribution in [0.4, 0.5) is 0 Å². The number of carbonyl (C=O) groups excluding carboxylic acids is 1. The van der Waals surface area contributed by atoms with E-state index in [9.17, 15) is 9.90 Å². The van der Waals surface area contributed by atoms with Crippen molar-refractivity contribution in [1.29, 1.82) is 0 Å². The molecule has 3 rings (SSSR count). The Bertz CT molecular complexity index is 747. The number of nitrogens with one attached hydrogen (secondary N) is 1. The molecule has 106 valence electrons. The van der Waals surface area contributed by atoms with Crippen LogP contribution in [0.15, 0.2) is 60.0 Å². The Labute approximate surface area is 126 Å². The highest BCUT2D eigenvalue weighted by molar-refractivity contribution is 7.10. The van der Waals surface area contributed by atoms with Gasteiger partial charge in [0.05, 0.1) is 0 Å². The molecular weight excluding hydrogens is 282 g/mol. The molecule has 0 bridgehead atoms. The highest BCUT2D eigenvalue weighted by Gasteiger charge is 2.13. The maximum atomic E-state index is 12.3. The van der Waals surface area contributed by atoms with Crippen molar-refractivity contribution in [3.8, 4) is 0 Å². The lowest BCUT2D eigenvalue weighted by Crippen LogP contribution is -2.28. The van der Waals surface area contributed by atoms with E-state index in [1.165, 1.54) is 11.3 Å². The van der Waals surface area contributed by atoms with Gasteiger partial charge in [-0.05, 0) is 28.3 Å². The Kier molecular flexibility index (Phi) is 3.99. The normalized spacial score (nSPS) is 12.2. The summed E-state index contributed by atoms with van der Waals surface area (Å²) in [6.07, 6.45) is -0.663. The number of amides is 1. The van der Waals surface area contributed by atoms with Crippen molar-refractivity contribution in [2.45, 2.75) is 6.10 Å². The first kappa shape index (κ1) is 13.8. The van der Waals surface area contributed by atoms with Crippen molar-refractivity contribution in [3.05, 3.63) is 70.4 Å². The Hall–Kier alpha value is -2.17. The predicted octanol–water partition coefficient (Wildman–Crippen LogP) is 3.36. The maximum absolute atomic E-state index is 12.3. The van der Waals surface area contributed by atoms with Gasteiger partial charge >= 0.3 is 0 Å². The van der Waals surface area contributed by atoms with Gasteiger partial charge in [-0.1, -0.05) is 42.5 Å². The lowest BCUT2D eigenvalue weighted by atomic mass is 10.0. The van der Waals surface area contributed by atoms with E-state index in [4.69, 9.17) is 0 Å². The van der Waals surface area contributed by atoms with Gasteiger partial charge in [-0.3, -0.25) is 4.79 Å². The average molecular weight is 297 g/mol. The molecule has 0 saturated carbocycles. The summed E-state index contributed by atoms with van der Waals surface area (Å²) in [6.45, 7) is 0.211. The summed E-state index contributed by atoms with van der Waals surface area (Å²) in [7, 11) is 0. The first-order valence-electron chi connectivity index (χ1n) is 6.73. The minimum atomic E-state index is -0.663. The number of fused-ring (bicyclic) bond motifs is 1. The molecule has 1 amide bonds. The lowest BCUT2D eigenvalue weighted by molar-refractivity contribution is 0.0919. The molecule has 21 heavy (non-hydrogen) atoms. The van der Waals surface area contributed by atoms with Crippen molar-refractivity contribution in [3.63, 3.8) is 0 Å². The topological polar surface area (TPSA) is 49.3 Å². The van der Waals surface area contributed by atoms with Gasteiger partial charge in [-0.25, -0.2) is 0 Å². The molecule has 3 nitrogen and oxygen atoms in total. The molecule has 0 saturated heterocycles. The van der Waals surface area contributed by atoms with Crippen LogP contribution in [0, 0.1) is 0 Å². The maximum Gasteiger partial charge on any atom is 0.252 e. The summed E-state index contributed by atoms with van der Waals surface area (Å²) >= 11 is 1.48. The number of rotatable bonds is 4. The van der Waals surface area contributed by atoms with Gasteiger partial charge in [0, 0.05) is 17.0 Å². The van der Waals surface area contributed by atoms with Crippen molar-refractivity contribution in [1.82, 2.24) is 5.32 Å². The smallest absolute Gasteiger partial charge is 0.252 e. The molecular formula is C17H15NO2S. The van der Waals surface area contributed by atoms with E-state index in [-0.39, 0.29) is 12.5 Å². The second-order valence-electron chi connectivity index (χ2n) is 4.77. The zero-order valence-corrected chi connectivity index (χ0v) is 12.1. The SMILES string of the molecule is O=C(NC[C@@H](O)c1cccs1)c1cccc2ccccc12. The number of thiophene rings is 1. The van der Waals surface area contributed by atoms with E-state index in [1.807, 2.05) is 53.9 Å². The summed E-state index contributed by atoms with van der Waals surface area (Å²) in [5, 5.41) is 16.7. The summed E-state index contributed by atoms with van der Waals surface area (Å²) < 4.78 is 0. The van der Waals surface area contributed by atoms with E-state index in [1.54, 1.807) is 6.07 Å². The van der Waals surface area contributed by atoms with Crippen LogP contribution in [-0.4, -0.2) is 17.6 Å². The zero-order valence-electron chi connectivity index (χ0n) is 11.3. The standard InChI is InChI=1S/C17H15NO2S/c19-15(16-9-4-10-21-16)11-18-17(20)14-8-3-6-12-5-1-2-7-13(12)14/h1-10,15,19H,11H2,(H,18,20)/t15-/m1/s1. The van der Waals surface area contributed by atoms with Crippen molar-refractivity contribution >= 4 is 28.0 Å². The van der Waals surface area contributed by atoms with Gasteiger partial charge in [0.25, 0.3) is 5.91 Å². The second kappa shape index (κ2) is 6.08. The van der Waals surface area contributed by atoms with Crippen LogP contribution >= 0.6 is 11.3 Å². The van der Waals surface area contributed by atoms with E-state index in [0.717, 1.165) is 15.6 Å². The Morgan fingerprint density at radius 1 is 1.10 bits per heavy atom. The van der Waals surface area contributed by atoms with Gasteiger partial charge in [-0.15, -0.1) is 11.3 Å². The molecule has 1 atom stereocenters. The average Bonchev–Trinajstić information content (AvgIpc) is 3.06. The van der Waals surface area contributed by atoms with Crippen LogP contribution < -0.4 is 5.32 Å². The van der Waals surface area contributed by atoms with E-state index in [2.05, 4.69) is 5.32 Å². The molecule has 0 aliphatic heterocycles. The van der Waals surface area contributed by atoms with E-state index >= 15 is 0 Å². The van der Waals surface area contributed by atoms with Gasteiger partial charge in [0.15, 0.2) is 0 Å². The summed E-state index contributed by atoms with van der Waals surface area (Å²) in [5.41, 5.74) is 0.631. The first-order chi connectivity index (χ1) is 10.3. The number of aliphatic hydroxyl groups excluding tert-OH is 1. The fourth-order valence-electron chi connectivity index (χ4n) is 2.29. The number of hydrogen-bond donors (Lipinski definition) is 2. The van der Waals surface area contributed by atoms with E-state index in [0.29, 0.717) is 5.56 Å². The van der Waals surface area contributed by atoms with Crippen LogP contribution in [-0.2, 0) is 0 Å². The molecule has 4 heteroatoms. The molecule has 0 aliphatic rings. The molecule has 0 fully saturated rings. The molecule has 2 N–H and O–H groups in total. The summed E-state index contributed by atoms with van der Waals surface area (Å²) in [6, 6.07) is 17.2. The number of carbonyl (C=O) groups is 1. The van der Waals surface area contributed by atoms with E-state index < -0.39 is 6.10 Å². The molecule has 3 aromatic rings.